The highest BCUT2D eigenvalue weighted by Gasteiger charge is 2.13. The molecule has 1 amide bonds. The lowest BCUT2D eigenvalue weighted by Gasteiger charge is -2.11. The molecule has 31 heavy (non-hydrogen) atoms. The summed E-state index contributed by atoms with van der Waals surface area (Å²) in [4.78, 5) is 21.8. The highest BCUT2D eigenvalue weighted by molar-refractivity contribution is 6.07. The first-order valence-electron chi connectivity index (χ1n) is 10.5. The minimum absolute atomic E-state index is 0.0829. The standard InChI is InChI=1S/C26H25N3O2/c1-2-31-21-11-9-20(10-12-21)25-18-23(22-7-3-4-8-24(22)29-25)26(30)28-15-5-6-19-13-16-27-17-14-19/h3-4,7-14,16-18H,2,5-6,15H2,1H3,(H,28,30). The molecule has 0 unspecified atom stereocenters. The molecule has 0 fully saturated rings. The molecule has 4 rings (SSSR count). The Kier molecular flexibility index (Phi) is 6.53. The minimum atomic E-state index is -0.0829. The number of rotatable bonds is 8. The quantitative estimate of drug-likeness (QED) is 0.412. The van der Waals surface area contributed by atoms with Crippen LogP contribution in [0.15, 0.2) is 79.1 Å². The lowest BCUT2D eigenvalue weighted by atomic mass is 10.0. The van der Waals surface area contributed by atoms with Crippen molar-refractivity contribution in [2.45, 2.75) is 19.8 Å². The van der Waals surface area contributed by atoms with E-state index in [9.17, 15) is 4.79 Å². The highest BCUT2D eigenvalue weighted by Crippen LogP contribution is 2.26. The topological polar surface area (TPSA) is 64.1 Å². The van der Waals surface area contributed by atoms with Crippen LogP contribution in [0.25, 0.3) is 22.2 Å². The number of aromatic nitrogens is 2. The van der Waals surface area contributed by atoms with E-state index in [2.05, 4.69) is 10.3 Å². The number of fused-ring (bicyclic) bond motifs is 1. The molecule has 2 heterocycles. The number of carbonyl (C=O) groups is 1. The zero-order valence-electron chi connectivity index (χ0n) is 17.5. The van der Waals surface area contributed by atoms with Crippen LogP contribution in [0.2, 0.25) is 0 Å². The smallest absolute Gasteiger partial charge is 0.252 e. The first-order valence-corrected chi connectivity index (χ1v) is 10.5. The van der Waals surface area contributed by atoms with E-state index in [-0.39, 0.29) is 5.91 Å². The third-order valence-corrected chi connectivity index (χ3v) is 5.10. The molecule has 156 valence electrons. The molecule has 0 bridgehead atoms. The number of hydrogen-bond acceptors (Lipinski definition) is 4. The molecule has 4 aromatic rings. The normalized spacial score (nSPS) is 10.7. The second-order valence-electron chi connectivity index (χ2n) is 7.24. The molecule has 0 aliphatic heterocycles. The van der Waals surface area contributed by atoms with Gasteiger partial charge in [0.2, 0.25) is 0 Å². The molecule has 0 radical (unpaired) electrons. The molecule has 2 aromatic heterocycles. The molecule has 0 saturated carbocycles. The van der Waals surface area contributed by atoms with Gasteiger partial charge in [0.15, 0.2) is 0 Å². The molecule has 1 N–H and O–H groups in total. The van der Waals surface area contributed by atoms with Gasteiger partial charge in [0, 0.05) is 29.9 Å². The highest BCUT2D eigenvalue weighted by atomic mass is 16.5. The summed E-state index contributed by atoms with van der Waals surface area (Å²) in [5.41, 5.74) is 4.37. The van der Waals surface area contributed by atoms with Crippen molar-refractivity contribution < 1.29 is 9.53 Å². The van der Waals surface area contributed by atoms with Gasteiger partial charge in [0.05, 0.1) is 23.4 Å². The first-order chi connectivity index (χ1) is 15.2. The lowest BCUT2D eigenvalue weighted by molar-refractivity contribution is 0.0955. The Morgan fingerprint density at radius 1 is 1.00 bits per heavy atom. The predicted molar refractivity (Wildman–Crippen MR) is 123 cm³/mol. The molecular formula is C26H25N3O2. The second-order valence-corrected chi connectivity index (χ2v) is 7.24. The van der Waals surface area contributed by atoms with E-state index in [1.54, 1.807) is 12.4 Å². The fraction of sp³-hybridized carbons (Fsp3) is 0.192. The van der Waals surface area contributed by atoms with Crippen molar-refractivity contribution >= 4 is 16.8 Å². The van der Waals surface area contributed by atoms with E-state index >= 15 is 0 Å². The number of para-hydroxylation sites is 1. The number of amides is 1. The molecule has 5 nitrogen and oxygen atoms in total. The number of ether oxygens (including phenoxy) is 1. The average Bonchev–Trinajstić information content (AvgIpc) is 2.82. The zero-order chi connectivity index (χ0) is 21.5. The Morgan fingerprint density at radius 3 is 2.55 bits per heavy atom. The Labute approximate surface area is 182 Å². The van der Waals surface area contributed by atoms with Crippen LogP contribution in [0, 0.1) is 0 Å². The second kappa shape index (κ2) is 9.85. The molecule has 0 atom stereocenters. The van der Waals surface area contributed by atoms with Gasteiger partial charge in [-0.15, -0.1) is 0 Å². The number of nitrogens with one attached hydrogen (secondary N) is 1. The van der Waals surface area contributed by atoms with Gasteiger partial charge in [-0.2, -0.15) is 0 Å². The summed E-state index contributed by atoms with van der Waals surface area (Å²) < 4.78 is 5.53. The van der Waals surface area contributed by atoms with Gasteiger partial charge in [-0.05, 0) is 73.9 Å². The monoisotopic (exact) mass is 411 g/mol. The maximum atomic E-state index is 13.0. The molecule has 2 aromatic carbocycles. The maximum absolute atomic E-state index is 13.0. The molecule has 0 spiro atoms. The van der Waals surface area contributed by atoms with Gasteiger partial charge in [-0.25, -0.2) is 4.98 Å². The number of benzene rings is 2. The Morgan fingerprint density at radius 2 is 1.77 bits per heavy atom. The maximum Gasteiger partial charge on any atom is 0.252 e. The molecular weight excluding hydrogens is 386 g/mol. The van der Waals surface area contributed by atoms with Crippen molar-refractivity contribution in [1.82, 2.24) is 15.3 Å². The number of aryl methyl sites for hydroxylation is 1. The van der Waals surface area contributed by atoms with Gasteiger partial charge in [-0.3, -0.25) is 9.78 Å². The Balaban J connectivity index is 1.53. The van der Waals surface area contributed by atoms with E-state index in [4.69, 9.17) is 9.72 Å². The van der Waals surface area contributed by atoms with Crippen LogP contribution in [0.4, 0.5) is 0 Å². The van der Waals surface area contributed by atoms with Gasteiger partial charge in [0.25, 0.3) is 5.91 Å². The van der Waals surface area contributed by atoms with Crippen LogP contribution in [-0.2, 0) is 6.42 Å². The summed E-state index contributed by atoms with van der Waals surface area (Å²) in [7, 11) is 0. The van der Waals surface area contributed by atoms with Crippen LogP contribution in [0.3, 0.4) is 0 Å². The Bertz CT molecular complexity index is 1160. The van der Waals surface area contributed by atoms with Gasteiger partial charge < -0.3 is 10.1 Å². The number of hydrogen-bond donors (Lipinski definition) is 1. The first kappa shape index (κ1) is 20.5. The van der Waals surface area contributed by atoms with Crippen LogP contribution >= 0.6 is 0 Å². The molecule has 5 heteroatoms. The molecule has 0 saturated heterocycles. The minimum Gasteiger partial charge on any atom is -0.494 e. The number of carbonyl (C=O) groups excluding carboxylic acids is 1. The van der Waals surface area contributed by atoms with Crippen molar-refractivity contribution in [2.24, 2.45) is 0 Å². The fourth-order valence-corrected chi connectivity index (χ4v) is 3.54. The van der Waals surface area contributed by atoms with Crippen LogP contribution in [0.5, 0.6) is 5.75 Å². The summed E-state index contributed by atoms with van der Waals surface area (Å²) in [5.74, 6) is 0.736. The van der Waals surface area contributed by atoms with E-state index in [0.717, 1.165) is 40.8 Å². The summed E-state index contributed by atoms with van der Waals surface area (Å²) in [6.07, 6.45) is 5.35. The molecule has 0 aliphatic rings. The van der Waals surface area contributed by atoms with Crippen molar-refractivity contribution in [3.8, 4) is 17.0 Å². The van der Waals surface area contributed by atoms with Gasteiger partial charge >= 0.3 is 0 Å². The van der Waals surface area contributed by atoms with E-state index in [1.807, 2.05) is 73.7 Å². The van der Waals surface area contributed by atoms with Crippen molar-refractivity contribution in [2.75, 3.05) is 13.2 Å². The fourth-order valence-electron chi connectivity index (χ4n) is 3.54. The molecule has 0 aliphatic carbocycles. The van der Waals surface area contributed by atoms with Gasteiger partial charge in [0.1, 0.15) is 5.75 Å². The zero-order valence-corrected chi connectivity index (χ0v) is 17.5. The summed E-state index contributed by atoms with van der Waals surface area (Å²) in [5, 5.41) is 3.91. The Hall–Kier alpha value is -3.73. The van der Waals surface area contributed by atoms with E-state index in [0.29, 0.717) is 18.7 Å². The van der Waals surface area contributed by atoms with E-state index < -0.39 is 0 Å². The third-order valence-electron chi connectivity index (χ3n) is 5.10. The van der Waals surface area contributed by atoms with Crippen molar-refractivity contribution in [3.05, 3.63) is 90.3 Å². The number of pyridine rings is 2. The van der Waals surface area contributed by atoms with Crippen LogP contribution < -0.4 is 10.1 Å². The third kappa shape index (κ3) is 5.07. The van der Waals surface area contributed by atoms with Crippen LogP contribution in [-0.4, -0.2) is 29.0 Å². The van der Waals surface area contributed by atoms with E-state index in [1.165, 1.54) is 5.56 Å². The summed E-state index contributed by atoms with van der Waals surface area (Å²) in [6.45, 7) is 3.19. The SMILES string of the molecule is CCOc1ccc(-c2cc(C(=O)NCCCc3ccncc3)c3ccccc3n2)cc1. The summed E-state index contributed by atoms with van der Waals surface area (Å²) in [6, 6.07) is 21.4. The van der Waals surface area contributed by atoms with Crippen LogP contribution in [0.1, 0.15) is 29.3 Å². The lowest BCUT2D eigenvalue weighted by Crippen LogP contribution is -2.25. The predicted octanol–water partition coefficient (Wildman–Crippen LogP) is 5.06. The van der Waals surface area contributed by atoms with Crippen molar-refractivity contribution in [1.29, 1.82) is 0 Å². The summed E-state index contributed by atoms with van der Waals surface area (Å²) >= 11 is 0. The average molecular weight is 412 g/mol. The van der Waals surface area contributed by atoms with Crippen molar-refractivity contribution in [3.63, 3.8) is 0 Å². The van der Waals surface area contributed by atoms with Gasteiger partial charge in [-0.1, -0.05) is 18.2 Å². The number of nitrogens with zero attached hydrogens (tertiary/aromatic N) is 2. The largest absolute Gasteiger partial charge is 0.494 e.